The maximum atomic E-state index is 6.16. The van der Waals surface area contributed by atoms with E-state index in [0.717, 1.165) is 16.3 Å². The second kappa shape index (κ2) is 5.70. The number of nitrogens with two attached hydrogens (primary N) is 1. The van der Waals surface area contributed by atoms with Crippen LogP contribution in [0.4, 0.5) is 5.69 Å². The Morgan fingerprint density at radius 1 is 1.00 bits per heavy atom. The third-order valence-electron chi connectivity index (χ3n) is 3.11. The Labute approximate surface area is 120 Å². The van der Waals surface area contributed by atoms with E-state index in [9.17, 15) is 0 Å². The lowest BCUT2D eigenvalue weighted by Gasteiger charge is -2.20. The van der Waals surface area contributed by atoms with Crippen LogP contribution in [-0.4, -0.2) is 0 Å². The lowest BCUT2D eigenvalue weighted by atomic mass is 9.87. The Morgan fingerprint density at radius 3 is 2.26 bits per heavy atom. The van der Waals surface area contributed by atoms with Crippen molar-refractivity contribution in [2.24, 2.45) is 0 Å². The molecule has 0 amide bonds. The Balaban J connectivity index is 2.10. The minimum absolute atomic E-state index is 0.150. The number of benzene rings is 2. The van der Waals surface area contributed by atoms with Gasteiger partial charge in [0.2, 0.25) is 0 Å². The molecule has 0 radical (unpaired) electrons. The number of anilines is 1. The summed E-state index contributed by atoms with van der Waals surface area (Å²) >= 11 is 1.79. The van der Waals surface area contributed by atoms with E-state index in [0.29, 0.717) is 0 Å². The van der Waals surface area contributed by atoms with Crippen molar-refractivity contribution in [1.29, 1.82) is 0 Å². The van der Waals surface area contributed by atoms with Crippen LogP contribution in [0.15, 0.2) is 53.4 Å². The van der Waals surface area contributed by atoms with E-state index >= 15 is 0 Å². The molecule has 0 heterocycles. The van der Waals surface area contributed by atoms with Crippen LogP contribution in [-0.2, 0) is 11.2 Å². The van der Waals surface area contributed by atoms with Gasteiger partial charge < -0.3 is 5.73 Å². The van der Waals surface area contributed by atoms with Crippen LogP contribution in [0.25, 0.3) is 0 Å². The van der Waals surface area contributed by atoms with Crippen LogP contribution in [0.1, 0.15) is 31.9 Å². The molecule has 0 fully saturated rings. The summed E-state index contributed by atoms with van der Waals surface area (Å²) < 4.78 is 0. The van der Waals surface area contributed by atoms with E-state index in [4.69, 9.17) is 5.73 Å². The quantitative estimate of drug-likeness (QED) is 0.637. The van der Waals surface area contributed by atoms with Gasteiger partial charge in [0.15, 0.2) is 0 Å². The molecule has 2 aromatic rings. The van der Waals surface area contributed by atoms with E-state index in [2.05, 4.69) is 63.2 Å². The van der Waals surface area contributed by atoms with E-state index in [-0.39, 0.29) is 5.41 Å². The molecule has 0 bridgehead atoms. The van der Waals surface area contributed by atoms with Gasteiger partial charge in [0, 0.05) is 16.3 Å². The van der Waals surface area contributed by atoms with Crippen molar-refractivity contribution in [3.8, 4) is 0 Å². The molecule has 0 atom stereocenters. The predicted octanol–water partition coefficient (Wildman–Crippen LogP) is 4.86. The average Bonchev–Trinajstić information content (AvgIpc) is 2.37. The van der Waals surface area contributed by atoms with Crippen LogP contribution in [0.5, 0.6) is 0 Å². The Kier molecular flexibility index (Phi) is 4.20. The highest BCUT2D eigenvalue weighted by atomic mass is 32.2. The van der Waals surface area contributed by atoms with Crippen LogP contribution in [0.2, 0.25) is 0 Å². The van der Waals surface area contributed by atoms with Gasteiger partial charge in [0.05, 0.1) is 0 Å². The third kappa shape index (κ3) is 3.77. The van der Waals surface area contributed by atoms with Crippen LogP contribution < -0.4 is 5.73 Å². The second-order valence-electron chi connectivity index (χ2n) is 5.78. The van der Waals surface area contributed by atoms with E-state index in [1.807, 2.05) is 6.07 Å². The van der Waals surface area contributed by atoms with Gasteiger partial charge in [-0.25, -0.2) is 0 Å². The first-order valence-electron chi connectivity index (χ1n) is 6.53. The van der Waals surface area contributed by atoms with Crippen LogP contribution >= 0.6 is 11.8 Å². The molecule has 1 nitrogen and oxygen atoms in total. The van der Waals surface area contributed by atoms with E-state index < -0.39 is 0 Å². The molecule has 0 saturated heterocycles. The summed E-state index contributed by atoms with van der Waals surface area (Å²) in [6.45, 7) is 6.62. The molecule has 0 aromatic heterocycles. The fourth-order valence-electron chi connectivity index (χ4n) is 1.88. The number of nitrogen functional groups attached to an aromatic ring is 1. The van der Waals surface area contributed by atoms with Gasteiger partial charge in [-0.2, -0.15) is 0 Å². The maximum Gasteiger partial charge on any atom is 0.0455 e. The van der Waals surface area contributed by atoms with Gasteiger partial charge in [-0.05, 0) is 28.7 Å². The summed E-state index contributed by atoms with van der Waals surface area (Å²) in [6, 6.07) is 16.9. The fourth-order valence-corrected chi connectivity index (χ4v) is 2.79. The summed E-state index contributed by atoms with van der Waals surface area (Å²) in [5.74, 6) is 0.958. The fraction of sp³-hybridized carbons (Fsp3) is 0.294. The monoisotopic (exact) mass is 271 g/mol. The molecule has 0 aliphatic rings. The number of thioether (sulfide) groups is 1. The normalized spacial score (nSPS) is 11.5. The predicted molar refractivity (Wildman–Crippen MR) is 85.6 cm³/mol. The molecule has 0 spiro atoms. The average molecular weight is 271 g/mol. The lowest BCUT2D eigenvalue weighted by Crippen LogP contribution is -2.11. The van der Waals surface area contributed by atoms with Crippen molar-refractivity contribution in [3.63, 3.8) is 0 Å². The highest BCUT2D eigenvalue weighted by Crippen LogP contribution is 2.32. The molecular weight excluding hydrogens is 250 g/mol. The van der Waals surface area contributed by atoms with Gasteiger partial charge in [-0.3, -0.25) is 0 Å². The summed E-state index contributed by atoms with van der Waals surface area (Å²) in [6.07, 6.45) is 0. The minimum atomic E-state index is 0.150. The van der Waals surface area contributed by atoms with Gasteiger partial charge in [-0.15, -0.1) is 11.8 Å². The first-order chi connectivity index (χ1) is 8.97. The van der Waals surface area contributed by atoms with Crippen LogP contribution in [0.3, 0.4) is 0 Å². The zero-order valence-corrected chi connectivity index (χ0v) is 12.6. The first-order valence-corrected chi connectivity index (χ1v) is 7.52. The molecule has 0 unspecified atom stereocenters. The largest absolute Gasteiger partial charge is 0.398 e. The molecule has 0 saturated carbocycles. The summed E-state index contributed by atoms with van der Waals surface area (Å²) in [7, 11) is 0. The topological polar surface area (TPSA) is 26.0 Å². The maximum absolute atomic E-state index is 6.16. The molecule has 2 aromatic carbocycles. The standard InChI is InChI=1S/C17H21NS/c1-17(2,3)14-9-10-16(15(18)11-14)19-12-13-7-5-4-6-8-13/h4-11H,12,18H2,1-3H3. The number of hydrogen-bond acceptors (Lipinski definition) is 2. The molecule has 0 aliphatic carbocycles. The number of rotatable bonds is 3. The highest BCUT2D eigenvalue weighted by molar-refractivity contribution is 7.98. The lowest BCUT2D eigenvalue weighted by molar-refractivity contribution is 0.590. The van der Waals surface area contributed by atoms with Gasteiger partial charge in [0.25, 0.3) is 0 Å². The molecule has 2 heteroatoms. The second-order valence-corrected chi connectivity index (χ2v) is 6.79. The summed E-state index contributed by atoms with van der Waals surface area (Å²) in [4.78, 5) is 1.16. The zero-order valence-electron chi connectivity index (χ0n) is 11.8. The SMILES string of the molecule is CC(C)(C)c1ccc(SCc2ccccc2)c(N)c1. The van der Waals surface area contributed by atoms with Crippen LogP contribution in [0, 0.1) is 0 Å². The number of hydrogen-bond donors (Lipinski definition) is 1. The van der Waals surface area contributed by atoms with Crippen molar-refractivity contribution >= 4 is 17.4 Å². The molecular formula is C17H21NS. The van der Waals surface area contributed by atoms with E-state index in [1.54, 1.807) is 11.8 Å². The molecule has 100 valence electrons. The van der Waals surface area contributed by atoms with Crippen molar-refractivity contribution in [2.45, 2.75) is 36.8 Å². The smallest absolute Gasteiger partial charge is 0.0455 e. The van der Waals surface area contributed by atoms with Crippen molar-refractivity contribution in [3.05, 3.63) is 59.7 Å². The van der Waals surface area contributed by atoms with Gasteiger partial charge in [-0.1, -0.05) is 57.2 Å². The summed E-state index contributed by atoms with van der Waals surface area (Å²) in [5.41, 5.74) is 9.81. The Morgan fingerprint density at radius 2 is 1.68 bits per heavy atom. The summed E-state index contributed by atoms with van der Waals surface area (Å²) in [5, 5.41) is 0. The van der Waals surface area contributed by atoms with E-state index in [1.165, 1.54) is 11.1 Å². The Hall–Kier alpha value is -1.41. The molecule has 0 aliphatic heterocycles. The van der Waals surface area contributed by atoms with Gasteiger partial charge >= 0.3 is 0 Å². The molecule has 2 rings (SSSR count). The Bertz CT molecular complexity index is 541. The van der Waals surface area contributed by atoms with Crippen molar-refractivity contribution in [1.82, 2.24) is 0 Å². The van der Waals surface area contributed by atoms with Crippen molar-refractivity contribution in [2.75, 3.05) is 5.73 Å². The minimum Gasteiger partial charge on any atom is -0.398 e. The molecule has 2 N–H and O–H groups in total. The zero-order chi connectivity index (χ0) is 13.9. The van der Waals surface area contributed by atoms with Gasteiger partial charge in [0.1, 0.15) is 0 Å². The highest BCUT2D eigenvalue weighted by Gasteiger charge is 2.14. The first kappa shape index (κ1) is 14.0. The van der Waals surface area contributed by atoms with Crippen molar-refractivity contribution < 1.29 is 0 Å². The molecule has 19 heavy (non-hydrogen) atoms. The third-order valence-corrected chi connectivity index (χ3v) is 4.27.